The number of rotatable bonds is 3. The summed E-state index contributed by atoms with van der Waals surface area (Å²) < 4.78 is 24.6. The van der Waals surface area contributed by atoms with Crippen molar-refractivity contribution in [1.82, 2.24) is 0 Å². The summed E-state index contributed by atoms with van der Waals surface area (Å²) in [6.07, 6.45) is 3.02. The molecule has 102 valence electrons. The first-order valence-electron chi connectivity index (χ1n) is 6.02. The molecule has 0 aromatic heterocycles. The average molecular weight is 343 g/mol. The molecule has 4 nitrogen and oxygen atoms in total. The average Bonchev–Trinajstić information content (AvgIpc) is 2.76. The molecular formula is C13H15BrN2O2S. The quantitative estimate of drug-likeness (QED) is 0.916. The predicted octanol–water partition coefficient (Wildman–Crippen LogP) is 2.72. The summed E-state index contributed by atoms with van der Waals surface area (Å²) >= 11 is 3.41. The summed E-state index contributed by atoms with van der Waals surface area (Å²) in [4.78, 5) is 0. The van der Waals surface area contributed by atoms with Crippen LogP contribution in [0.25, 0.3) is 0 Å². The summed E-state index contributed by atoms with van der Waals surface area (Å²) in [6.45, 7) is 0. The molecule has 1 saturated carbocycles. The van der Waals surface area contributed by atoms with Crippen molar-refractivity contribution < 1.29 is 8.42 Å². The highest BCUT2D eigenvalue weighted by molar-refractivity contribution is 9.10. The molecule has 0 saturated heterocycles. The van der Waals surface area contributed by atoms with Crippen LogP contribution in [-0.2, 0) is 9.84 Å². The smallest absolute Gasteiger partial charge is 0.153 e. The van der Waals surface area contributed by atoms with Gasteiger partial charge in [0.25, 0.3) is 0 Å². The molecule has 1 aliphatic rings. The molecule has 2 rings (SSSR count). The SMILES string of the molecule is CS(=O)(=O)C1CCCC1(C#N)Nc1ccccc1Br. The molecule has 0 bridgehead atoms. The second-order valence-electron chi connectivity index (χ2n) is 4.90. The minimum atomic E-state index is -3.26. The molecule has 1 aromatic rings. The standard InChI is InChI=1S/C13H15BrN2O2S/c1-19(17,18)12-7-4-8-13(12,9-15)16-11-6-3-2-5-10(11)14/h2-3,5-6,12,16H,4,7-8H2,1H3. The minimum Gasteiger partial charge on any atom is -0.365 e. The zero-order valence-corrected chi connectivity index (χ0v) is 13.0. The fraction of sp³-hybridized carbons (Fsp3) is 0.462. The molecule has 0 aliphatic heterocycles. The van der Waals surface area contributed by atoms with Gasteiger partial charge in [0.1, 0.15) is 5.54 Å². The van der Waals surface area contributed by atoms with Crippen molar-refractivity contribution in [1.29, 1.82) is 5.26 Å². The molecule has 0 radical (unpaired) electrons. The topological polar surface area (TPSA) is 70.0 Å². The van der Waals surface area contributed by atoms with Gasteiger partial charge in [0.2, 0.25) is 0 Å². The van der Waals surface area contributed by atoms with Gasteiger partial charge in [-0.2, -0.15) is 5.26 Å². The Balaban J connectivity index is 2.40. The third kappa shape index (κ3) is 2.77. The summed E-state index contributed by atoms with van der Waals surface area (Å²) in [6, 6.07) is 9.61. The number of nitrogens with zero attached hydrogens (tertiary/aromatic N) is 1. The van der Waals surface area contributed by atoms with Crippen molar-refractivity contribution in [3.8, 4) is 6.07 Å². The number of anilines is 1. The van der Waals surface area contributed by atoms with Gasteiger partial charge < -0.3 is 5.32 Å². The maximum Gasteiger partial charge on any atom is 0.153 e. The van der Waals surface area contributed by atoms with E-state index >= 15 is 0 Å². The lowest BCUT2D eigenvalue weighted by atomic mass is 9.99. The Bertz CT molecular complexity index is 624. The summed E-state index contributed by atoms with van der Waals surface area (Å²) in [5.41, 5.74) is -0.281. The minimum absolute atomic E-state index is 0.532. The molecule has 1 N–H and O–H groups in total. The van der Waals surface area contributed by atoms with Crippen molar-refractivity contribution in [3.05, 3.63) is 28.7 Å². The molecule has 2 unspecified atom stereocenters. The van der Waals surface area contributed by atoms with Crippen LogP contribution in [0.2, 0.25) is 0 Å². The van der Waals surface area contributed by atoms with Gasteiger partial charge >= 0.3 is 0 Å². The van der Waals surface area contributed by atoms with Crippen LogP contribution in [-0.4, -0.2) is 25.5 Å². The van der Waals surface area contributed by atoms with Gasteiger partial charge in [-0.15, -0.1) is 0 Å². The third-order valence-electron chi connectivity index (χ3n) is 3.53. The summed E-state index contributed by atoms with van der Waals surface area (Å²) in [5, 5.41) is 12.0. The molecule has 0 heterocycles. The number of benzene rings is 1. The molecule has 19 heavy (non-hydrogen) atoms. The molecule has 1 aliphatic carbocycles. The van der Waals surface area contributed by atoms with E-state index < -0.39 is 20.6 Å². The van der Waals surface area contributed by atoms with Crippen molar-refractivity contribution in [3.63, 3.8) is 0 Å². The lowest BCUT2D eigenvalue weighted by Crippen LogP contribution is -2.47. The van der Waals surface area contributed by atoms with Crippen LogP contribution in [0.3, 0.4) is 0 Å². The first-order valence-corrected chi connectivity index (χ1v) is 8.77. The number of nitrogens with one attached hydrogen (secondary N) is 1. The van der Waals surface area contributed by atoms with Gasteiger partial charge in [0.05, 0.1) is 11.3 Å². The number of sulfone groups is 1. The van der Waals surface area contributed by atoms with E-state index in [0.29, 0.717) is 12.8 Å². The van der Waals surface area contributed by atoms with Crippen molar-refractivity contribution >= 4 is 31.5 Å². The van der Waals surface area contributed by atoms with Gasteiger partial charge in [-0.1, -0.05) is 12.1 Å². The van der Waals surface area contributed by atoms with E-state index in [4.69, 9.17) is 0 Å². The molecule has 1 fully saturated rings. The lowest BCUT2D eigenvalue weighted by Gasteiger charge is -2.30. The van der Waals surface area contributed by atoms with Gasteiger partial charge in [-0.25, -0.2) is 8.42 Å². The van der Waals surface area contributed by atoms with Crippen LogP contribution in [0.1, 0.15) is 19.3 Å². The maximum atomic E-state index is 11.9. The highest BCUT2D eigenvalue weighted by Crippen LogP contribution is 2.38. The lowest BCUT2D eigenvalue weighted by molar-refractivity contribution is 0.551. The van der Waals surface area contributed by atoms with E-state index in [1.54, 1.807) is 0 Å². The van der Waals surface area contributed by atoms with Crippen LogP contribution < -0.4 is 5.32 Å². The van der Waals surface area contributed by atoms with E-state index in [2.05, 4.69) is 27.3 Å². The Hall–Kier alpha value is -1.06. The molecule has 0 amide bonds. The zero-order valence-electron chi connectivity index (χ0n) is 10.6. The molecule has 6 heteroatoms. The molecule has 1 aromatic carbocycles. The van der Waals surface area contributed by atoms with Crippen molar-refractivity contribution in [2.45, 2.75) is 30.1 Å². The Morgan fingerprint density at radius 3 is 2.74 bits per heavy atom. The fourth-order valence-corrected chi connectivity index (χ4v) is 4.59. The van der Waals surface area contributed by atoms with Gasteiger partial charge in [-0.3, -0.25) is 0 Å². The van der Waals surface area contributed by atoms with Gasteiger partial charge in [0, 0.05) is 16.4 Å². The summed E-state index contributed by atoms with van der Waals surface area (Å²) in [5.74, 6) is 0. The van der Waals surface area contributed by atoms with E-state index in [-0.39, 0.29) is 0 Å². The number of hydrogen-bond donors (Lipinski definition) is 1. The largest absolute Gasteiger partial charge is 0.365 e. The first-order chi connectivity index (χ1) is 8.89. The first kappa shape index (κ1) is 14.4. The Labute approximate surface area is 121 Å². The van der Waals surface area contributed by atoms with Crippen LogP contribution in [0.4, 0.5) is 5.69 Å². The van der Waals surface area contributed by atoms with Gasteiger partial charge in [0.15, 0.2) is 9.84 Å². The number of hydrogen-bond acceptors (Lipinski definition) is 4. The van der Waals surface area contributed by atoms with Crippen LogP contribution in [0, 0.1) is 11.3 Å². The number of nitriles is 1. The third-order valence-corrected chi connectivity index (χ3v) is 5.90. The number of halogens is 1. The normalized spacial score (nSPS) is 26.9. The maximum absolute atomic E-state index is 11.9. The number of para-hydroxylation sites is 1. The Morgan fingerprint density at radius 2 is 2.16 bits per heavy atom. The monoisotopic (exact) mass is 342 g/mol. The molecule has 2 atom stereocenters. The Morgan fingerprint density at radius 1 is 1.47 bits per heavy atom. The highest BCUT2D eigenvalue weighted by Gasteiger charge is 2.49. The molecule has 0 spiro atoms. The Kier molecular flexibility index (Phi) is 3.88. The fourth-order valence-electron chi connectivity index (χ4n) is 2.65. The predicted molar refractivity (Wildman–Crippen MR) is 78.6 cm³/mol. The second kappa shape index (κ2) is 5.14. The van der Waals surface area contributed by atoms with E-state index in [9.17, 15) is 13.7 Å². The second-order valence-corrected chi connectivity index (χ2v) is 7.98. The van der Waals surface area contributed by atoms with Crippen molar-refractivity contribution in [2.24, 2.45) is 0 Å². The van der Waals surface area contributed by atoms with Crippen molar-refractivity contribution in [2.75, 3.05) is 11.6 Å². The van der Waals surface area contributed by atoms with E-state index in [1.807, 2.05) is 24.3 Å². The van der Waals surface area contributed by atoms with E-state index in [0.717, 1.165) is 16.6 Å². The van der Waals surface area contributed by atoms with Crippen LogP contribution in [0.15, 0.2) is 28.7 Å². The van der Waals surface area contributed by atoms with Gasteiger partial charge in [-0.05, 0) is 47.3 Å². The zero-order chi connectivity index (χ0) is 14.1. The summed E-state index contributed by atoms with van der Waals surface area (Å²) in [7, 11) is -3.26. The molecular weight excluding hydrogens is 328 g/mol. The van der Waals surface area contributed by atoms with Crippen LogP contribution in [0.5, 0.6) is 0 Å². The van der Waals surface area contributed by atoms with E-state index in [1.165, 1.54) is 6.26 Å². The highest BCUT2D eigenvalue weighted by atomic mass is 79.9. The van der Waals surface area contributed by atoms with Crippen LogP contribution >= 0.6 is 15.9 Å².